The Labute approximate surface area is 213 Å². The molecule has 0 N–H and O–H groups in total. The van der Waals surface area contributed by atoms with Crippen molar-refractivity contribution in [2.24, 2.45) is 4.99 Å². The lowest BCUT2D eigenvalue weighted by Gasteiger charge is -2.24. The number of allylic oxidation sites excluding steroid dienone is 2. The van der Waals surface area contributed by atoms with E-state index in [0.717, 1.165) is 23.3 Å². The maximum atomic E-state index is 13.6. The molecule has 0 saturated heterocycles. The molecule has 3 aromatic rings. The Hall–Kier alpha value is -3.97. The quantitative estimate of drug-likeness (QED) is 0.322. The predicted octanol–water partition coefficient (Wildman–Crippen LogP) is 4.42. The Bertz CT molecular complexity index is 1480. The number of rotatable bonds is 9. The van der Waals surface area contributed by atoms with Crippen molar-refractivity contribution in [3.8, 4) is 5.75 Å². The number of aromatic nitrogens is 1. The van der Waals surface area contributed by atoms with Gasteiger partial charge in [0, 0.05) is 0 Å². The third-order valence-corrected chi connectivity index (χ3v) is 6.58. The number of esters is 1. The van der Waals surface area contributed by atoms with Gasteiger partial charge in [-0.1, -0.05) is 85.5 Å². The van der Waals surface area contributed by atoms with Crippen LogP contribution in [0.1, 0.15) is 37.4 Å². The molecular formula is C29H28N2O4S. The van der Waals surface area contributed by atoms with Crippen molar-refractivity contribution in [1.29, 1.82) is 0 Å². The predicted molar refractivity (Wildman–Crippen MR) is 144 cm³/mol. The zero-order valence-corrected chi connectivity index (χ0v) is 21.2. The number of benzene rings is 2. The lowest BCUT2D eigenvalue weighted by atomic mass is 9.96. The first-order chi connectivity index (χ1) is 17.5. The van der Waals surface area contributed by atoms with Crippen LogP contribution in [0.5, 0.6) is 5.75 Å². The summed E-state index contributed by atoms with van der Waals surface area (Å²) in [5, 5.41) is 0. The first-order valence-corrected chi connectivity index (χ1v) is 12.6. The minimum Gasteiger partial charge on any atom is -0.494 e. The fourth-order valence-electron chi connectivity index (χ4n) is 3.90. The van der Waals surface area contributed by atoms with Crippen molar-refractivity contribution in [2.75, 3.05) is 13.2 Å². The van der Waals surface area contributed by atoms with Crippen LogP contribution >= 0.6 is 11.3 Å². The number of hydrogen-bond acceptors (Lipinski definition) is 6. The minimum absolute atomic E-state index is 0.0703. The lowest BCUT2D eigenvalue weighted by molar-refractivity contribution is -0.138. The maximum absolute atomic E-state index is 13.6. The van der Waals surface area contributed by atoms with Crippen LogP contribution in [0, 0.1) is 0 Å². The standard InChI is InChI=1S/C29H28N2O4S/c1-4-18-34-23-16-14-22(15-17-23)26-25(28(33)35-19-5-2)20(3)30-29-31(26)27(32)24(36-29)13-9-12-21-10-7-6-8-11-21/h5-17,26H,2,4,18-19H2,1,3H3. The van der Waals surface area contributed by atoms with Crippen LogP contribution in [-0.4, -0.2) is 23.8 Å². The first kappa shape index (κ1) is 25.1. The summed E-state index contributed by atoms with van der Waals surface area (Å²) in [6.45, 7) is 8.11. The van der Waals surface area contributed by atoms with Gasteiger partial charge in [-0.15, -0.1) is 0 Å². The van der Waals surface area contributed by atoms with Gasteiger partial charge < -0.3 is 9.47 Å². The molecule has 6 nitrogen and oxygen atoms in total. The molecule has 0 bridgehead atoms. The van der Waals surface area contributed by atoms with Crippen molar-refractivity contribution in [3.05, 3.63) is 115 Å². The van der Waals surface area contributed by atoms with E-state index in [1.54, 1.807) is 17.6 Å². The van der Waals surface area contributed by atoms with Crippen LogP contribution in [0.4, 0.5) is 0 Å². The van der Waals surface area contributed by atoms with Gasteiger partial charge in [0.1, 0.15) is 12.4 Å². The average Bonchev–Trinajstić information content (AvgIpc) is 3.20. The summed E-state index contributed by atoms with van der Waals surface area (Å²) in [6.07, 6.45) is 7.98. The van der Waals surface area contributed by atoms with Crippen LogP contribution < -0.4 is 19.6 Å². The number of hydrogen-bond donors (Lipinski definition) is 0. The molecule has 0 radical (unpaired) electrons. The second kappa shape index (κ2) is 11.6. The smallest absolute Gasteiger partial charge is 0.338 e. The topological polar surface area (TPSA) is 69.9 Å². The average molecular weight is 501 g/mol. The van der Waals surface area contributed by atoms with E-state index in [0.29, 0.717) is 27.2 Å². The van der Waals surface area contributed by atoms with Gasteiger partial charge in [0.15, 0.2) is 4.80 Å². The number of nitrogens with zero attached hydrogens (tertiary/aromatic N) is 2. The summed E-state index contributed by atoms with van der Waals surface area (Å²) < 4.78 is 13.2. The van der Waals surface area contributed by atoms with Crippen LogP contribution in [0.2, 0.25) is 0 Å². The summed E-state index contributed by atoms with van der Waals surface area (Å²) in [5.74, 6) is 0.209. The van der Waals surface area contributed by atoms with Gasteiger partial charge >= 0.3 is 5.97 Å². The molecule has 1 aliphatic rings. The molecule has 2 aromatic carbocycles. The van der Waals surface area contributed by atoms with E-state index < -0.39 is 12.0 Å². The monoisotopic (exact) mass is 500 g/mol. The lowest BCUT2D eigenvalue weighted by Crippen LogP contribution is -2.39. The molecule has 1 aromatic heterocycles. The molecule has 2 heterocycles. The molecule has 0 fully saturated rings. The zero-order chi connectivity index (χ0) is 25.5. The largest absolute Gasteiger partial charge is 0.494 e. The summed E-state index contributed by atoms with van der Waals surface area (Å²) >= 11 is 1.29. The van der Waals surface area contributed by atoms with Crippen molar-refractivity contribution in [1.82, 2.24) is 4.57 Å². The van der Waals surface area contributed by atoms with E-state index in [1.165, 1.54) is 17.4 Å². The SMILES string of the molecule is C=CCOC(=O)C1=C(C)N=c2sc(=CC=Cc3ccccc3)c(=O)n2C1c1ccc(OCCC)cc1. The van der Waals surface area contributed by atoms with Gasteiger partial charge in [-0.3, -0.25) is 9.36 Å². The summed E-state index contributed by atoms with van der Waals surface area (Å²) in [4.78, 5) is 31.8. The van der Waals surface area contributed by atoms with E-state index in [9.17, 15) is 9.59 Å². The third kappa shape index (κ3) is 5.47. The van der Waals surface area contributed by atoms with Gasteiger partial charge in [-0.25, -0.2) is 9.79 Å². The second-order valence-corrected chi connectivity index (χ2v) is 9.19. The number of thiazole rings is 1. The molecule has 0 aliphatic carbocycles. The van der Waals surface area contributed by atoms with Gasteiger partial charge in [0.25, 0.3) is 5.56 Å². The molecule has 36 heavy (non-hydrogen) atoms. The number of carbonyl (C=O) groups is 1. The highest BCUT2D eigenvalue weighted by atomic mass is 32.1. The first-order valence-electron chi connectivity index (χ1n) is 11.8. The summed E-state index contributed by atoms with van der Waals surface area (Å²) in [5.41, 5.74) is 2.44. The van der Waals surface area contributed by atoms with Crippen molar-refractivity contribution < 1.29 is 14.3 Å². The maximum Gasteiger partial charge on any atom is 0.338 e. The van der Waals surface area contributed by atoms with Gasteiger partial charge in [-0.2, -0.15) is 0 Å². The Kier molecular flexibility index (Phi) is 8.13. The third-order valence-electron chi connectivity index (χ3n) is 5.58. The minimum atomic E-state index is -0.668. The van der Waals surface area contributed by atoms with Crippen molar-refractivity contribution in [3.63, 3.8) is 0 Å². The van der Waals surface area contributed by atoms with E-state index in [-0.39, 0.29) is 12.2 Å². The van der Waals surface area contributed by atoms with Crippen molar-refractivity contribution >= 4 is 29.5 Å². The highest BCUT2D eigenvalue weighted by molar-refractivity contribution is 7.07. The van der Waals surface area contributed by atoms with Crippen molar-refractivity contribution in [2.45, 2.75) is 26.3 Å². The highest BCUT2D eigenvalue weighted by Crippen LogP contribution is 2.31. The van der Waals surface area contributed by atoms with E-state index in [2.05, 4.69) is 11.6 Å². The summed E-state index contributed by atoms with van der Waals surface area (Å²) in [6, 6.07) is 16.6. The molecule has 0 spiro atoms. The van der Waals surface area contributed by atoms with Gasteiger partial charge in [0.2, 0.25) is 0 Å². The fraction of sp³-hybridized carbons (Fsp3) is 0.207. The zero-order valence-electron chi connectivity index (χ0n) is 20.3. The number of carbonyl (C=O) groups excluding carboxylic acids is 1. The molecule has 184 valence electrons. The van der Waals surface area contributed by atoms with Crippen LogP contribution in [-0.2, 0) is 9.53 Å². The molecule has 1 atom stereocenters. The van der Waals surface area contributed by atoms with Gasteiger partial charge in [0.05, 0.1) is 28.5 Å². The Morgan fingerprint density at radius 1 is 1.17 bits per heavy atom. The number of ether oxygens (including phenoxy) is 2. The molecule has 1 unspecified atom stereocenters. The van der Waals surface area contributed by atoms with Gasteiger partial charge in [-0.05, 0) is 42.7 Å². The normalized spacial score (nSPS) is 15.5. The summed E-state index contributed by atoms with van der Waals surface area (Å²) in [7, 11) is 0. The highest BCUT2D eigenvalue weighted by Gasteiger charge is 2.33. The van der Waals surface area contributed by atoms with E-state index >= 15 is 0 Å². The Morgan fingerprint density at radius 3 is 2.61 bits per heavy atom. The molecular weight excluding hydrogens is 472 g/mol. The van der Waals surface area contributed by atoms with E-state index in [4.69, 9.17) is 9.47 Å². The Balaban J connectivity index is 1.80. The van der Waals surface area contributed by atoms with Crippen LogP contribution in [0.15, 0.2) is 94.4 Å². The van der Waals surface area contributed by atoms with Crippen LogP contribution in [0.25, 0.3) is 12.2 Å². The second-order valence-electron chi connectivity index (χ2n) is 8.18. The molecule has 7 heteroatoms. The molecule has 0 amide bonds. The van der Waals surface area contributed by atoms with Crippen LogP contribution in [0.3, 0.4) is 0 Å². The molecule has 0 saturated carbocycles. The number of fused-ring (bicyclic) bond motifs is 1. The molecule has 1 aliphatic heterocycles. The fourth-order valence-corrected chi connectivity index (χ4v) is 4.90. The molecule has 4 rings (SSSR count). The Morgan fingerprint density at radius 2 is 1.92 bits per heavy atom. The van der Waals surface area contributed by atoms with E-state index in [1.807, 2.05) is 73.7 Å².